The van der Waals surface area contributed by atoms with Crippen molar-refractivity contribution in [2.24, 2.45) is 0 Å². The fourth-order valence-corrected chi connectivity index (χ4v) is 3.01. The summed E-state index contributed by atoms with van der Waals surface area (Å²) < 4.78 is 0.837. The molecule has 0 saturated heterocycles. The van der Waals surface area contributed by atoms with Crippen molar-refractivity contribution in [3.63, 3.8) is 0 Å². The Labute approximate surface area is 125 Å². The molecule has 0 aliphatic heterocycles. The number of hydrogen-bond acceptors (Lipinski definition) is 5. The fourth-order valence-electron chi connectivity index (χ4n) is 2.16. The number of aryl methyl sites for hydroxylation is 1. The van der Waals surface area contributed by atoms with Gasteiger partial charge in [0.1, 0.15) is 5.69 Å². The van der Waals surface area contributed by atoms with Gasteiger partial charge in [-0.2, -0.15) is 0 Å². The van der Waals surface area contributed by atoms with Gasteiger partial charge in [-0.15, -0.1) is 11.3 Å². The lowest BCUT2D eigenvalue weighted by molar-refractivity contribution is -0.383. The molecule has 0 atom stereocenters. The number of nitrogens with zero attached hydrogens (tertiary/aromatic N) is 2. The number of benzene rings is 2. The van der Waals surface area contributed by atoms with Gasteiger partial charge in [-0.05, 0) is 18.6 Å². The summed E-state index contributed by atoms with van der Waals surface area (Å²) in [7, 11) is 0. The maximum atomic E-state index is 11.2. The summed E-state index contributed by atoms with van der Waals surface area (Å²) in [5.41, 5.74) is 2.45. The summed E-state index contributed by atoms with van der Waals surface area (Å²) in [4.78, 5) is 15.3. The molecule has 0 spiro atoms. The molecule has 0 amide bonds. The van der Waals surface area contributed by atoms with Crippen molar-refractivity contribution in [1.82, 2.24) is 4.98 Å². The van der Waals surface area contributed by atoms with Crippen molar-refractivity contribution < 1.29 is 4.92 Å². The molecule has 0 aliphatic rings. The lowest BCUT2D eigenvalue weighted by atomic mass is 10.2. The van der Waals surface area contributed by atoms with E-state index in [1.807, 2.05) is 37.3 Å². The van der Waals surface area contributed by atoms with Crippen LogP contribution in [0, 0.1) is 17.0 Å². The van der Waals surface area contributed by atoms with Crippen LogP contribution in [-0.4, -0.2) is 9.91 Å². The summed E-state index contributed by atoms with van der Waals surface area (Å²) in [6.45, 7) is 2.43. The number of rotatable bonds is 4. The van der Waals surface area contributed by atoms with Crippen LogP contribution in [0.25, 0.3) is 10.2 Å². The second kappa shape index (κ2) is 5.49. The summed E-state index contributed by atoms with van der Waals surface area (Å²) in [6, 6.07) is 13.1. The number of nitro benzene ring substituents is 1. The molecule has 21 heavy (non-hydrogen) atoms. The maximum Gasteiger partial charge on any atom is 0.293 e. The highest BCUT2D eigenvalue weighted by Crippen LogP contribution is 2.33. The molecular formula is C15H13N3O2S. The zero-order valence-electron chi connectivity index (χ0n) is 11.4. The average molecular weight is 299 g/mol. The maximum absolute atomic E-state index is 11.2. The molecule has 1 N–H and O–H groups in total. The Bertz CT molecular complexity index is 799. The van der Waals surface area contributed by atoms with Crippen LogP contribution in [0.3, 0.4) is 0 Å². The zero-order valence-corrected chi connectivity index (χ0v) is 12.2. The molecule has 0 unspecified atom stereocenters. The van der Waals surface area contributed by atoms with Gasteiger partial charge in [-0.25, -0.2) is 4.98 Å². The average Bonchev–Trinajstić information content (AvgIpc) is 2.84. The Hall–Kier alpha value is -2.47. The van der Waals surface area contributed by atoms with Gasteiger partial charge >= 0.3 is 0 Å². The Morgan fingerprint density at radius 2 is 2.05 bits per heavy atom. The van der Waals surface area contributed by atoms with Crippen LogP contribution >= 0.6 is 11.3 Å². The van der Waals surface area contributed by atoms with E-state index in [9.17, 15) is 10.1 Å². The molecule has 0 aliphatic carbocycles. The van der Waals surface area contributed by atoms with Gasteiger partial charge in [0.2, 0.25) is 0 Å². The van der Waals surface area contributed by atoms with Gasteiger partial charge in [-0.1, -0.05) is 30.3 Å². The highest BCUT2D eigenvalue weighted by molar-refractivity contribution is 7.18. The topological polar surface area (TPSA) is 68.1 Å². The molecule has 1 aromatic heterocycles. The van der Waals surface area contributed by atoms with Crippen LogP contribution in [0.2, 0.25) is 0 Å². The second-order valence-corrected chi connectivity index (χ2v) is 5.90. The van der Waals surface area contributed by atoms with E-state index < -0.39 is 0 Å². The standard InChI is InChI=1S/C15H13N3O2S/c1-10-17-13-7-12(14(18(19)20)8-15(13)21-10)16-9-11-5-3-2-4-6-11/h2-8,16H,9H2,1H3. The third kappa shape index (κ3) is 2.85. The first-order valence-corrected chi connectivity index (χ1v) is 7.28. The number of thiazole rings is 1. The highest BCUT2D eigenvalue weighted by Gasteiger charge is 2.16. The molecule has 1 heterocycles. The van der Waals surface area contributed by atoms with Crippen LogP contribution in [0.5, 0.6) is 0 Å². The van der Waals surface area contributed by atoms with Crippen molar-refractivity contribution in [1.29, 1.82) is 0 Å². The van der Waals surface area contributed by atoms with E-state index in [2.05, 4.69) is 10.3 Å². The molecule has 106 valence electrons. The summed E-state index contributed by atoms with van der Waals surface area (Å²) in [6.07, 6.45) is 0. The highest BCUT2D eigenvalue weighted by atomic mass is 32.1. The Morgan fingerprint density at radius 3 is 2.76 bits per heavy atom. The third-order valence-corrected chi connectivity index (χ3v) is 4.07. The van der Waals surface area contributed by atoms with E-state index >= 15 is 0 Å². The number of nitro groups is 1. The van der Waals surface area contributed by atoms with Crippen LogP contribution < -0.4 is 5.32 Å². The van der Waals surface area contributed by atoms with Gasteiger partial charge in [-0.3, -0.25) is 10.1 Å². The molecular weight excluding hydrogens is 286 g/mol. The zero-order chi connectivity index (χ0) is 14.8. The lowest BCUT2D eigenvalue weighted by Crippen LogP contribution is -2.02. The van der Waals surface area contributed by atoms with Crippen molar-refractivity contribution in [2.75, 3.05) is 5.32 Å². The van der Waals surface area contributed by atoms with E-state index in [4.69, 9.17) is 0 Å². The summed E-state index contributed by atoms with van der Waals surface area (Å²) in [5.74, 6) is 0. The monoisotopic (exact) mass is 299 g/mol. The molecule has 0 fully saturated rings. The number of anilines is 1. The number of nitrogens with one attached hydrogen (secondary N) is 1. The largest absolute Gasteiger partial charge is 0.375 e. The van der Waals surface area contributed by atoms with Crippen molar-refractivity contribution in [2.45, 2.75) is 13.5 Å². The van der Waals surface area contributed by atoms with Gasteiger partial charge in [0.25, 0.3) is 5.69 Å². The molecule has 0 bridgehead atoms. The van der Waals surface area contributed by atoms with E-state index in [0.717, 1.165) is 20.8 Å². The van der Waals surface area contributed by atoms with Crippen molar-refractivity contribution in [3.05, 3.63) is 63.1 Å². The molecule has 3 rings (SSSR count). The Balaban J connectivity index is 1.95. The van der Waals surface area contributed by atoms with Crippen LogP contribution in [0.1, 0.15) is 10.6 Å². The first-order valence-electron chi connectivity index (χ1n) is 6.47. The minimum Gasteiger partial charge on any atom is -0.375 e. The first kappa shape index (κ1) is 13.5. The molecule has 0 saturated carbocycles. The van der Waals surface area contributed by atoms with Gasteiger partial charge in [0.15, 0.2) is 0 Å². The summed E-state index contributed by atoms with van der Waals surface area (Å²) >= 11 is 1.46. The van der Waals surface area contributed by atoms with Crippen LogP contribution in [0.15, 0.2) is 42.5 Å². The molecule has 6 heteroatoms. The van der Waals surface area contributed by atoms with E-state index in [1.165, 1.54) is 11.3 Å². The molecule has 2 aromatic carbocycles. The number of aromatic nitrogens is 1. The third-order valence-electron chi connectivity index (χ3n) is 3.14. The van der Waals surface area contributed by atoms with Gasteiger partial charge in [0.05, 0.1) is 20.1 Å². The van der Waals surface area contributed by atoms with Crippen molar-refractivity contribution in [3.8, 4) is 0 Å². The van der Waals surface area contributed by atoms with Crippen LogP contribution in [-0.2, 0) is 6.54 Å². The van der Waals surface area contributed by atoms with E-state index in [1.54, 1.807) is 12.1 Å². The minimum absolute atomic E-state index is 0.0853. The molecule has 5 nitrogen and oxygen atoms in total. The summed E-state index contributed by atoms with van der Waals surface area (Å²) in [5, 5.41) is 15.3. The van der Waals surface area contributed by atoms with E-state index in [-0.39, 0.29) is 10.6 Å². The smallest absolute Gasteiger partial charge is 0.293 e. The van der Waals surface area contributed by atoms with Gasteiger partial charge < -0.3 is 5.32 Å². The van der Waals surface area contributed by atoms with Gasteiger partial charge in [0, 0.05) is 12.6 Å². The lowest BCUT2D eigenvalue weighted by Gasteiger charge is -2.07. The minimum atomic E-state index is -0.359. The van der Waals surface area contributed by atoms with E-state index in [0.29, 0.717) is 12.2 Å². The number of fused-ring (bicyclic) bond motifs is 1. The first-order chi connectivity index (χ1) is 10.1. The molecule has 3 aromatic rings. The predicted molar refractivity (Wildman–Crippen MR) is 84.8 cm³/mol. The molecule has 0 radical (unpaired) electrons. The second-order valence-electron chi connectivity index (χ2n) is 4.67. The quantitative estimate of drug-likeness (QED) is 0.581. The normalized spacial score (nSPS) is 10.7. The fraction of sp³-hybridized carbons (Fsp3) is 0.133. The SMILES string of the molecule is Cc1nc2cc(NCc3ccccc3)c([N+](=O)[O-])cc2s1. The van der Waals surface area contributed by atoms with Crippen LogP contribution in [0.4, 0.5) is 11.4 Å². The predicted octanol–water partition coefficient (Wildman–Crippen LogP) is 4.13. The number of hydrogen-bond donors (Lipinski definition) is 1. The Morgan fingerprint density at radius 1 is 1.29 bits per heavy atom. The Kier molecular flexibility index (Phi) is 3.53. The van der Waals surface area contributed by atoms with Crippen molar-refractivity contribution >= 4 is 32.9 Å².